The fraction of sp³-hybridized carbons (Fsp3) is 0.467. The zero-order chi connectivity index (χ0) is 18.6. The van der Waals surface area contributed by atoms with Crippen LogP contribution in [0.4, 0.5) is 22.0 Å². The molecule has 0 atom stereocenters. The minimum Gasteiger partial charge on any atom is -0.306 e. The lowest BCUT2D eigenvalue weighted by Crippen LogP contribution is -2.27. The van der Waals surface area contributed by atoms with Crippen molar-refractivity contribution in [3.8, 4) is 0 Å². The highest BCUT2D eigenvalue weighted by molar-refractivity contribution is 14.1. The van der Waals surface area contributed by atoms with Crippen molar-refractivity contribution in [2.45, 2.75) is 43.7 Å². The first-order chi connectivity index (χ1) is 11.5. The van der Waals surface area contributed by atoms with Crippen LogP contribution < -0.4 is 11.2 Å². The van der Waals surface area contributed by atoms with Crippen LogP contribution in [0.25, 0.3) is 10.9 Å². The minimum absolute atomic E-state index is 0.00492. The summed E-state index contributed by atoms with van der Waals surface area (Å²) in [6.45, 7) is 0. The van der Waals surface area contributed by atoms with Crippen LogP contribution in [0.3, 0.4) is 0 Å². The Bertz CT molecular complexity index is 938. The molecular weight excluding hydrogens is 462 g/mol. The maximum Gasteiger partial charge on any atom is 0.416 e. The van der Waals surface area contributed by atoms with Gasteiger partial charge in [0.25, 0.3) is 5.56 Å². The van der Waals surface area contributed by atoms with Gasteiger partial charge in [0, 0.05) is 16.4 Å². The van der Waals surface area contributed by atoms with Gasteiger partial charge in [0.15, 0.2) is 0 Å². The molecule has 0 aliphatic heterocycles. The fourth-order valence-electron chi connectivity index (χ4n) is 3.24. The van der Waals surface area contributed by atoms with Crippen molar-refractivity contribution >= 4 is 33.5 Å². The molecule has 2 aromatic rings. The Labute approximate surface area is 151 Å². The van der Waals surface area contributed by atoms with Crippen molar-refractivity contribution in [2.24, 2.45) is 0 Å². The van der Waals surface area contributed by atoms with Crippen LogP contribution in [0.1, 0.15) is 42.7 Å². The summed E-state index contributed by atoms with van der Waals surface area (Å²) < 4.78 is 67.4. The molecule has 1 aliphatic rings. The predicted octanol–water partition coefficient (Wildman–Crippen LogP) is 4.13. The van der Waals surface area contributed by atoms with Gasteiger partial charge in [-0.15, -0.1) is 0 Å². The zero-order valence-electron chi connectivity index (χ0n) is 12.6. The van der Waals surface area contributed by atoms with E-state index in [-0.39, 0.29) is 32.9 Å². The lowest BCUT2D eigenvalue weighted by Gasteiger charge is -2.31. The maximum absolute atomic E-state index is 13.5. The molecule has 10 heteroatoms. The number of hydrogen-bond donors (Lipinski definition) is 2. The van der Waals surface area contributed by atoms with Crippen LogP contribution in [0.15, 0.2) is 15.7 Å². The summed E-state index contributed by atoms with van der Waals surface area (Å²) >= 11 is 1.64. The molecule has 1 saturated carbocycles. The normalized spacial score (nSPS) is 18.6. The molecule has 1 fully saturated rings. The van der Waals surface area contributed by atoms with Gasteiger partial charge in [-0.3, -0.25) is 9.78 Å². The summed E-state index contributed by atoms with van der Waals surface area (Å²) in [4.78, 5) is 27.6. The van der Waals surface area contributed by atoms with E-state index in [1.807, 2.05) is 4.98 Å². The van der Waals surface area contributed by atoms with Crippen LogP contribution in [0.5, 0.6) is 0 Å². The first-order valence-corrected chi connectivity index (χ1v) is 8.51. The van der Waals surface area contributed by atoms with E-state index in [9.17, 15) is 31.5 Å². The van der Waals surface area contributed by atoms with Crippen molar-refractivity contribution in [2.75, 3.05) is 0 Å². The van der Waals surface area contributed by atoms with Crippen LogP contribution in [0, 0.1) is 3.57 Å². The number of aromatic nitrogens is 2. The quantitative estimate of drug-likeness (QED) is 0.483. The summed E-state index contributed by atoms with van der Waals surface area (Å²) in [7, 11) is 0. The molecule has 0 unspecified atom stereocenters. The number of benzene rings is 1. The largest absolute Gasteiger partial charge is 0.416 e. The van der Waals surface area contributed by atoms with Gasteiger partial charge < -0.3 is 4.98 Å². The minimum atomic E-state index is -4.74. The SMILES string of the molecule is O=c1[nH]c(=O)c2cc(C(F)(F)F)c(C3CCC(F)(F)CC3)c(I)c2[nH]1. The lowest BCUT2D eigenvalue weighted by molar-refractivity contribution is -0.138. The van der Waals surface area contributed by atoms with Gasteiger partial charge in [0.05, 0.1) is 16.5 Å². The number of H-pyrrole nitrogens is 2. The standard InChI is InChI=1S/C15H12F5IN2O2/c16-14(17)3-1-6(2-4-14)9-8(15(18,19)20)5-7-11(10(9)21)22-13(25)23-12(7)24/h5-6H,1-4H2,(H2,22,23,24,25). The highest BCUT2D eigenvalue weighted by Gasteiger charge is 2.41. The van der Waals surface area contributed by atoms with E-state index in [4.69, 9.17) is 0 Å². The van der Waals surface area contributed by atoms with E-state index >= 15 is 0 Å². The van der Waals surface area contributed by atoms with Gasteiger partial charge in [0.2, 0.25) is 5.92 Å². The van der Waals surface area contributed by atoms with E-state index < -0.39 is 47.7 Å². The van der Waals surface area contributed by atoms with E-state index in [2.05, 4.69) is 4.98 Å². The summed E-state index contributed by atoms with van der Waals surface area (Å²) in [5, 5.41) is -0.291. The Balaban J connectivity index is 2.27. The number of nitrogens with one attached hydrogen (secondary N) is 2. The van der Waals surface area contributed by atoms with E-state index in [0.29, 0.717) is 6.07 Å². The Morgan fingerprint density at radius 2 is 1.72 bits per heavy atom. The Morgan fingerprint density at radius 1 is 1.12 bits per heavy atom. The third kappa shape index (κ3) is 3.44. The van der Waals surface area contributed by atoms with Crippen LogP contribution in [0.2, 0.25) is 0 Å². The van der Waals surface area contributed by atoms with Gasteiger partial charge >= 0.3 is 11.9 Å². The van der Waals surface area contributed by atoms with Gasteiger partial charge in [-0.25, -0.2) is 13.6 Å². The molecule has 0 spiro atoms. The molecule has 0 saturated heterocycles. The van der Waals surface area contributed by atoms with Gasteiger partial charge in [-0.05, 0) is 53.0 Å². The van der Waals surface area contributed by atoms with Gasteiger partial charge in [-0.1, -0.05) is 0 Å². The van der Waals surface area contributed by atoms with Crippen molar-refractivity contribution < 1.29 is 22.0 Å². The highest BCUT2D eigenvalue weighted by Crippen LogP contribution is 2.47. The molecule has 1 aromatic carbocycles. The summed E-state index contributed by atoms with van der Waals surface area (Å²) in [5.41, 5.74) is -2.91. The Hall–Kier alpha value is -1.46. The molecule has 2 N–H and O–H groups in total. The molecule has 0 radical (unpaired) electrons. The molecule has 4 nitrogen and oxygen atoms in total. The smallest absolute Gasteiger partial charge is 0.306 e. The van der Waals surface area contributed by atoms with Crippen LogP contribution >= 0.6 is 22.6 Å². The second-order valence-corrected chi connectivity index (χ2v) is 7.19. The van der Waals surface area contributed by atoms with Crippen molar-refractivity contribution in [1.29, 1.82) is 0 Å². The van der Waals surface area contributed by atoms with Crippen LogP contribution in [-0.4, -0.2) is 15.9 Å². The topological polar surface area (TPSA) is 65.7 Å². The van der Waals surface area contributed by atoms with Gasteiger partial charge in [0.1, 0.15) is 0 Å². The number of fused-ring (bicyclic) bond motifs is 1. The molecular formula is C15H12F5IN2O2. The highest BCUT2D eigenvalue weighted by atomic mass is 127. The predicted molar refractivity (Wildman–Crippen MR) is 89.1 cm³/mol. The second-order valence-electron chi connectivity index (χ2n) is 6.11. The van der Waals surface area contributed by atoms with Crippen LogP contribution in [-0.2, 0) is 6.18 Å². The number of aromatic amines is 2. The number of alkyl halides is 5. The summed E-state index contributed by atoms with van der Waals surface area (Å²) in [6.07, 6.45) is -5.91. The summed E-state index contributed by atoms with van der Waals surface area (Å²) in [5.74, 6) is -3.59. The molecule has 0 bridgehead atoms. The molecule has 0 amide bonds. The number of rotatable bonds is 1. The molecule has 25 heavy (non-hydrogen) atoms. The molecule has 1 heterocycles. The second kappa shape index (κ2) is 6.06. The summed E-state index contributed by atoms with van der Waals surface area (Å²) in [6, 6.07) is 0.689. The van der Waals surface area contributed by atoms with E-state index in [1.54, 1.807) is 22.6 Å². The Morgan fingerprint density at radius 3 is 2.28 bits per heavy atom. The monoisotopic (exact) mass is 474 g/mol. The average Bonchev–Trinajstić information content (AvgIpc) is 2.47. The van der Waals surface area contributed by atoms with E-state index in [0.717, 1.165) is 0 Å². The average molecular weight is 474 g/mol. The third-order valence-corrected chi connectivity index (χ3v) is 5.57. The lowest BCUT2D eigenvalue weighted by atomic mass is 9.80. The zero-order valence-corrected chi connectivity index (χ0v) is 14.7. The first-order valence-electron chi connectivity index (χ1n) is 7.43. The molecule has 136 valence electrons. The van der Waals surface area contributed by atoms with E-state index in [1.165, 1.54) is 0 Å². The fourth-order valence-corrected chi connectivity index (χ4v) is 4.40. The molecule has 1 aromatic heterocycles. The Kier molecular flexibility index (Phi) is 4.44. The first kappa shape index (κ1) is 18.3. The molecule has 3 rings (SSSR count). The van der Waals surface area contributed by atoms with Crippen molar-refractivity contribution in [3.63, 3.8) is 0 Å². The third-order valence-electron chi connectivity index (χ3n) is 4.45. The number of halogens is 6. The number of hydrogen-bond acceptors (Lipinski definition) is 2. The maximum atomic E-state index is 13.5. The van der Waals surface area contributed by atoms with Gasteiger partial charge in [-0.2, -0.15) is 13.2 Å². The van der Waals surface area contributed by atoms with Crippen molar-refractivity contribution in [1.82, 2.24) is 9.97 Å². The van der Waals surface area contributed by atoms with Crippen molar-refractivity contribution in [3.05, 3.63) is 41.6 Å². The molecule has 1 aliphatic carbocycles.